The molecule has 1 aromatic rings. The summed E-state index contributed by atoms with van der Waals surface area (Å²) in [5, 5.41) is 0. The SMILES string of the molecule is CC(=O)c1cnc2n1CCC(C)C2. The Hall–Kier alpha value is -1.12. The highest BCUT2D eigenvalue weighted by atomic mass is 16.1. The largest absolute Gasteiger partial charge is 0.326 e. The first-order chi connectivity index (χ1) is 6.18. The molecule has 3 heteroatoms. The van der Waals surface area contributed by atoms with Crippen LogP contribution < -0.4 is 0 Å². The van der Waals surface area contributed by atoms with Gasteiger partial charge in [0.2, 0.25) is 0 Å². The zero-order chi connectivity index (χ0) is 9.42. The monoisotopic (exact) mass is 178 g/mol. The molecule has 0 saturated heterocycles. The van der Waals surface area contributed by atoms with Crippen LogP contribution in [-0.4, -0.2) is 15.3 Å². The van der Waals surface area contributed by atoms with Crippen molar-refractivity contribution in [3.8, 4) is 0 Å². The van der Waals surface area contributed by atoms with Gasteiger partial charge in [0.15, 0.2) is 5.78 Å². The number of Topliss-reactive ketones (excluding diaryl/α,β-unsaturated/α-hetero) is 1. The quantitative estimate of drug-likeness (QED) is 0.613. The Labute approximate surface area is 77.8 Å². The van der Waals surface area contributed by atoms with E-state index in [1.807, 2.05) is 0 Å². The average molecular weight is 178 g/mol. The first kappa shape index (κ1) is 8.48. The molecule has 1 aliphatic heterocycles. The summed E-state index contributed by atoms with van der Waals surface area (Å²) in [4.78, 5) is 15.5. The van der Waals surface area contributed by atoms with Gasteiger partial charge in [0, 0.05) is 19.9 Å². The molecule has 2 heterocycles. The molecule has 3 nitrogen and oxygen atoms in total. The molecule has 0 radical (unpaired) electrons. The van der Waals surface area contributed by atoms with Crippen LogP contribution in [0.2, 0.25) is 0 Å². The van der Waals surface area contributed by atoms with E-state index >= 15 is 0 Å². The van der Waals surface area contributed by atoms with Crippen molar-refractivity contribution in [2.45, 2.75) is 33.2 Å². The van der Waals surface area contributed by atoms with Gasteiger partial charge in [0.1, 0.15) is 11.5 Å². The first-order valence-corrected chi connectivity index (χ1v) is 4.74. The van der Waals surface area contributed by atoms with Crippen LogP contribution in [0.3, 0.4) is 0 Å². The molecule has 0 fully saturated rings. The Bertz CT molecular complexity index is 341. The number of imidazole rings is 1. The van der Waals surface area contributed by atoms with Crippen LogP contribution in [0.4, 0.5) is 0 Å². The van der Waals surface area contributed by atoms with Crippen molar-refractivity contribution >= 4 is 5.78 Å². The number of carbonyl (C=O) groups excluding carboxylic acids is 1. The average Bonchev–Trinajstić information content (AvgIpc) is 2.46. The van der Waals surface area contributed by atoms with E-state index in [2.05, 4.69) is 16.5 Å². The van der Waals surface area contributed by atoms with E-state index in [0.29, 0.717) is 5.92 Å². The molecule has 1 atom stereocenters. The van der Waals surface area contributed by atoms with Crippen molar-refractivity contribution < 1.29 is 4.79 Å². The molecule has 1 unspecified atom stereocenters. The highest BCUT2D eigenvalue weighted by molar-refractivity contribution is 5.92. The van der Waals surface area contributed by atoms with E-state index in [1.54, 1.807) is 13.1 Å². The number of fused-ring (bicyclic) bond motifs is 1. The summed E-state index contributed by atoms with van der Waals surface area (Å²) in [6.07, 6.45) is 3.87. The summed E-state index contributed by atoms with van der Waals surface area (Å²) >= 11 is 0. The van der Waals surface area contributed by atoms with Gasteiger partial charge in [-0.05, 0) is 12.3 Å². The maximum atomic E-state index is 11.2. The first-order valence-electron chi connectivity index (χ1n) is 4.74. The molecule has 0 bridgehead atoms. The zero-order valence-corrected chi connectivity index (χ0v) is 8.08. The van der Waals surface area contributed by atoms with E-state index in [1.165, 1.54) is 0 Å². The van der Waals surface area contributed by atoms with E-state index in [-0.39, 0.29) is 5.78 Å². The molecule has 0 saturated carbocycles. The summed E-state index contributed by atoms with van der Waals surface area (Å²) in [6, 6.07) is 0. The number of nitrogens with zero attached hydrogens (tertiary/aromatic N) is 2. The summed E-state index contributed by atoms with van der Waals surface area (Å²) in [7, 11) is 0. The predicted octanol–water partition coefficient (Wildman–Crippen LogP) is 1.67. The fourth-order valence-corrected chi connectivity index (χ4v) is 1.87. The van der Waals surface area contributed by atoms with Gasteiger partial charge in [0.25, 0.3) is 0 Å². The van der Waals surface area contributed by atoms with Gasteiger partial charge in [-0.3, -0.25) is 4.79 Å². The number of aromatic nitrogens is 2. The van der Waals surface area contributed by atoms with Crippen molar-refractivity contribution in [3.63, 3.8) is 0 Å². The molecule has 0 N–H and O–H groups in total. The van der Waals surface area contributed by atoms with Crippen molar-refractivity contribution in [2.24, 2.45) is 5.92 Å². The Balaban J connectivity index is 2.39. The standard InChI is InChI=1S/C10H14N2O/c1-7-3-4-12-9(8(2)13)6-11-10(12)5-7/h6-7H,3-5H2,1-2H3. The van der Waals surface area contributed by atoms with Crippen LogP contribution in [-0.2, 0) is 13.0 Å². The van der Waals surface area contributed by atoms with Gasteiger partial charge in [-0.15, -0.1) is 0 Å². The lowest BCUT2D eigenvalue weighted by molar-refractivity contribution is 0.100. The fourth-order valence-electron chi connectivity index (χ4n) is 1.87. The van der Waals surface area contributed by atoms with Crippen molar-refractivity contribution in [3.05, 3.63) is 17.7 Å². The second-order valence-electron chi connectivity index (χ2n) is 3.87. The molecule has 70 valence electrons. The molecule has 0 spiro atoms. The Morgan fingerprint density at radius 3 is 3.15 bits per heavy atom. The minimum absolute atomic E-state index is 0.119. The van der Waals surface area contributed by atoms with Crippen LogP contribution in [0, 0.1) is 5.92 Å². The van der Waals surface area contributed by atoms with Crippen molar-refractivity contribution in [2.75, 3.05) is 0 Å². The smallest absolute Gasteiger partial charge is 0.177 e. The van der Waals surface area contributed by atoms with E-state index in [0.717, 1.165) is 30.9 Å². The molecular formula is C10H14N2O. The summed E-state index contributed by atoms with van der Waals surface area (Å²) in [5.41, 5.74) is 0.766. The molecule has 0 amide bonds. The number of hydrogen-bond acceptors (Lipinski definition) is 2. The van der Waals surface area contributed by atoms with Crippen LogP contribution in [0.5, 0.6) is 0 Å². The molecule has 1 aliphatic rings. The lowest BCUT2D eigenvalue weighted by atomic mass is 10.0. The van der Waals surface area contributed by atoms with Gasteiger partial charge >= 0.3 is 0 Å². The van der Waals surface area contributed by atoms with Crippen molar-refractivity contribution in [1.82, 2.24) is 9.55 Å². The molecule has 1 aromatic heterocycles. The van der Waals surface area contributed by atoms with Gasteiger partial charge in [-0.25, -0.2) is 4.98 Å². The predicted molar refractivity (Wildman–Crippen MR) is 49.7 cm³/mol. The molecular weight excluding hydrogens is 164 g/mol. The topological polar surface area (TPSA) is 34.9 Å². The van der Waals surface area contributed by atoms with Crippen LogP contribution >= 0.6 is 0 Å². The van der Waals surface area contributed by atoms with Gasteiger partial charge in [-0.2, -0.15) is 0 Å². The van der Waals surface area contributed by atoms with E-state index in [4.69, 9.17) is 0 Å². The molecule has 0 aliphatic carbocycles. The second kappa shape index (κ2) is 2.98. The van der Waals surface area contributed by atoms with Gasteiger partial charge in [-0.1, -0.05) is 6.92 Å². The maximum Gasteiger partial charge on any atom is 0.177 e. The third-order valence-corrected chi connectivity index (χ3v) is 2.68. The van der Waals surface area contributed by atoms with Crippen LogP contribution in [0.25, 0.3) is 0 Å². The highest BCUT2D eigenvalue weighted by Crippen LogP contribution is 2.20. The van der Waals surface area contributed by atoms with Crippen LogP contribution in [0.15, 0.2) is 6.20 Å². The van der Waals surface area contributed by atoms with Gasteiger partial charge in [0.05, 0.1) is 6.20 Å². The fraction of sp³-hybridized carbons (Fsp3) is 0.600. The van der Waals surface area contributed by atoms with E-state index in [9.17, 15) is 4.79 Å². The van der Waals surface area contributed by atoms with Crippen molar-refractivity contribution in [1.29, 1.82) is 0 Å². The van der Waals surface area contributed by atoms with Crippen LogP contribution in [0.1, 0.15) is 36.6 Å². The summed E-state index contributed by atoms with van der Waals surface area (Å²) in [5.74, 6) is 1.90. The number of carbonyl (C=O) groups is 1. The number of hydrogen-bond donors (Lipinski definition) is 0. The number of rotatable bonds is 1. The third kappa shape index (κ3) is 1.39. The highest BCUT2D eigenvalue weighted by Gasteiger charge is 2.19. The zero-order valence-electron chi connectivity index (χ0n) is 8.08. The van der Waals surface area contributed by atoms with Gasteiger partial charge < -0.3 is 4.57 Å². The molecule has 2 rings (SSSR count). The summed E-state index contributed by atoms with van der Waals surface area (Å²) in [6.45, 7) is 4.78. The summed E-state index contributed by atoms with van der Waals surface area (Å²) < 4.78 is 2.06. The lowest BCUT2D eigenvalue weighted by Gasteiger charge is -2.20. The Kier molecular flexibility index (Phi) is 1.94. The minimum atomic E-state index is 0.119. The maximum absolute atomic E-state index is 11.2. The Morgan fingerprint density at radius 1 is 1.69 bits per heavy atom. The number of ketones is 1. The Morgan fingerprint density at radius 2 is 2.46 bits per heavy atom. The second-order valence-corrected chi connectivity index (χ2v) is 3.87. The lowest BCUT2D eigenvalue weighted by Crippen LogP contribution is -2.19. The normalized spacial score (nSPS) is 21.2. The van der Waals surface area contributed by atoms with E-state index < -0.39 is 0 Å². The third-order valence-electron chi connectivity index (χ3n) is 2.68. The minimum Gasteiger partial charge on any atom is -0.326 e. The molecule has 0 aromatic carbocycles. The molecule has 13 heavy (non-hydrogen) atoms.